The molecule has 0 aromatic heterocycles. The van der Waals surface area contributed by atoms with Crippen molar-refractivity contribution in [3.63, 3.8) is 0 Å². The fraction of sp³-hybridized carbons (Fsp3) is 0.333. The number of hydrogen-bond acceptors (Lipinski definition) is 12. The third kappa shape index (κ3) is 4.66. The zero-order valence-corrected chi connectivity index (χ0v) is 25.1. The maximum Gasteiger partial charge on any atom is 0.302 e. The van der Waals surface area contributed by atoms with Gasteiger partial charge in [0, 0.05) is 36.2 Å². The molecule has 0 radical (unpaired) electrons. The van der Waals surface area contributed by atoms with Crippen LogP contribution in [0.15, 0.2) is 69.1 Å². The second-order valence-corrected chi connectivity index (χ2v) is 12.4. The second kappa shape index (κ2) is 11.2. The summed E-state index contributed by atoms with van der Waals surface area (Å²) in [4.78, 5) is 56.8. The van der Waals surface area contributed by atoms with Gasteiger partial charge in [0.1, 0.15) is 17.1 Å². The van der Waals surface area contributed by atoms with Gasteiger partial charge in [-0.1, -0.05) is 18.2 Å². The van der Waals surface area contributed by atoms with Crippen molar-refractivity contribution >= 4 is 45.8 Å². The molecular weight excluding hydrogens is 590 g/mol. The van der Waals surface area contributed by atoms with E-state index in [1.807, 2.05) is 0 Å². The lowest BCUT2D eigenvalue weighted by Crippen LogP contribution is -2.63. The molecule has 0 spiro atoms. The van der Waals surface area contributed by atoms with E-state index >= 15 is 0 Å². The van der Waals surface area contributed by atoms with Gasteiger partial charge in [0.05, 0.1) is 17.3 Å². The number of hydrogen-bond donors (Lipinski definition) is 6. The topological polar surface area (TPSA) is 204 Å². The van der Waals surface area contributed by atoms with E-state index in [4.69, 9.17) is 5.53 Å². The maximum atomic E-state index is 14.1. The van der Waals surface area contributed by atoms with Crippen LogP contribution in [0.2, 0.25) is 0 Å². The Bertz CT molecular complexity index is 1690. The zero-order chi connectivity index (χ0) is 32.2. The first-order chi connectivity index (χ1) is 20.7. The van der Waals surface area contributed by atoms with Crippen LogP contribution >= 0.6 is 11.8 Å². The fourth-order valence-electron chi connectivity index (χ4n) is 6.55. The molecule has 0 fully saturated rings. The Balaban J connectivity index is 1.64. The Kier molecular flexibility index (Phi) is 7.86. The number of amides is 2. The molecule has 0 saturated carbocycles. The number of carbonyl (C=O) groups is 4. The van der Waals surface area contributed by atoms with Crippen LogP contribution in [0, 0.1) is 17.4 Å². The van der Waals surface area contributed by atoms with E-state index in [0.717, 1.165) is 11.8 Å². The van der Waals surface area contributed by atoms with E-state index in [-0.39, 0.29) is 29.7 Å². The first-order valence-electron chi connectivity index (χ1n) is 13.6. The Labute approximate surface area is 256 Å². The van der Waals surface area contributed by atoms with Crippen LogP contribution in [0.5, 0.6) is 5.75 Å². The number of phenols is 1. The summed E-state index contributed by atoms with van der Waals surface area (Å²) in [5.41, 5.74) is 3.72. The van der Waals surface area contributed by atoms with Gasteiger partial charge < -0.3 is 30.6 Å². The largest absolute Gasteiger partial charge is 0.510 e. The van der Waals surface area contributed by atoms with E-state index in [1.54, 1.807) is 69.5 Å². The van der Waals surface area contributed by atoms with Gasteiger partial charge in [0.25, 0.3) is 5.24 Å². The van der Waals surface area contributed by atoms with E-state index in [9.17, 15) is 39.6 Å². The number of Topliss-reactive ketones (excluding diaryl/α,β-unsaturated/α-hetero) is 2. The van der Waals surface area contributed by atoms with E-state index < -0.39 is 69.0 Å². The number of likely N-dealkylation sites (N-methyl/N-ethyl adjacent to an activating group) is 1. The van der Waals surface area contributed by atoms with Crippen LogP contribution in [0.4, 0.5) is 16.2 Å². The number of thioether (sulfide) groups is 1. The number of phenolic OH excluding ortho intramolecular Hbond substituents is 1. The number of anilines is 2. The molecule has 0 bridgehead atoms. The lowest BCUT2D eigenvalue weighted by Gasteiger charge is -2.50. The van der Waals surface area contributed by atoms with Crippen molar-refractivity contribution in [2.75, 3.05) is 38.4 Å². The Morgan fingerprint density at radius 2 is 1.75 bits per heavy atom. The summed E-state index contributed by atoms with van der Waals surface area (Å²) in [5, 5.41) is 50.5. The molecule has 0 aliphatic heterocycles. The highest BCUT2D eigenvalue weighted by molar-refractivity contribution is 8.13. The van der Waals surface area contributed by atoms with Gasteiger partial charge in [-0.25, -0.2) is 5.53 Å². The maximum absolute atomic E-state index is 14.1. The number of nitrogens with zero attached hydrogens (tertiary/aromatic N) is 3. The average molecular weight is 622 g/mol. The number of allylic oxidation sites excluding steroid dienone is 1. The number of rotatable bonds is 5. The molecule has 230 valence electrons. The monoisotopic (exact) mass is 621 g/mol. The van der Waals surface area contributed by atoms with E-state index in [1.165, 1.54) is 4.90 Å². The molecule has 0 saturated heterocycles. The summed E-state index contributed by atoms with van der Waals surface area (Å²) in [6.07, 6.45) is 0.0484. The zero-order valence-electron chi connectivity index (χ0n) is 24.3. The van der Waals surface area contributed by atoms with Gasteiger partial charge in [0.2, 0.25) is 5.78 Å². The molecule has 0 unspecified atom stereocenters. The Morgan fingerprint density at radius 1 is 1.09 bits per heavy atom. The van der Waals surface area contributed by atoms with Crippen LogP contribution in [-0.4, -0.2) is 87.9 Å². The molecule has 2 aromatic carbocycles. The number of ketones is 2. The van der Waals surface area contributed by atoms with Crippen molar-refractivity contribution in [1.82, 2.24) is 4.90 Å². The minimum atomic E-state index is -2.80. The van der Waals surface area contributed by atoms with Gasteiger partial charge in [-0.05, 0) is 68.4 Å². The molecule has 13 nitrogen and oxygen atoms in total. The lowest BCUT2D eigenvalue weighted by molar-refractivity contribution is -0.148. The first-order valence-corrected chi connectivity index (χ1v) is 14.4. The van der Waals surface area contributed by atoms with Crippen LogP contribution in [0.25, 0.3) is 0 Å². The van der Waals surface area contributed by atoms with E-state index in [2.05, 4.69) is 10.4 Å². The molecule has 5 rings (SSSR count). The van der Waals surface area contributed by atoms with Crippen molar-refractivity contribution in [3.8, 4) is 5.75 Å². The van der Waals surface area contributed by atoms with Gasteiger partial charge in [-0.2, -0.15) is 0 Å². The number of aliphatic hydroxyl groups is 3. The highest BCUT2D eigenvalue weighted by Gasteiger charge is 2.63. The molecule has 4 atom stereocenters. The fourth-order valence-corrected chi connectivity index (χ4v) is 7.22. The Hall–Kier alpha value is -4.53. The van der Waals surface area contributed by atoms with Crippen LogP contribution in [0.3, 0.4) is 0 Å². The van der Waals surface area contributed by atoms with Crippen molar-refractivity contribution in [1.29, 1.82) is 5.53 Å². The molecule has 3 aliphatic rings. The highest BCUT2D eigenvalue weighted by Crippen LogP contribution is 2.54. The summed E-state index contributed by atoms with van der Waals surface area (Å²) in [6, 6.07) is 9.22. The van der Waals surface area contributed by atoms with Crippen molar-refractivity contribution in [2.24, 2.45) is 17.0 Å². The number of carbonyl (C=O) groups excluding carboxylic acids is 4. The standard InChI is InChI=1S/C30H31N5O8S/c1-34(2)18-12-17(32-29(42)44-14-8-6-5-7-9-14)23(36)20-15(18)10-13-11-16-22(35(3)4)25(38)21(28(41)33-31)27(40)30(16,43)26(39)19(13)24(20)37/h5-9,12-13,16,22,31,36,38-39,43H,10-11H2,1-4H3,(H,32,42)/t13-,16-,22-,30-/m0/s1. The first kappa shape index (κ1) is 30.9. The van der Waals surface area contributed by atoms with Crippen molar-refractivity contribution in [2.45, 2.75) is 29.4 Å². The summed E-state index contributed by atoms with van der Waals surface area (Å²) in [7, 11) is 6.54. The van der Waals surface area contributed by atoms with Gasteiger partial charge in [-0.3, -0.25) is 24.1 Å². The molecule has 3 aliphatic carbocycles. The number of nitrogens with one attached hydrogen (secondary N) is 2. The third-order valence-corrected chi connectivity index (χ3v) is 9.24. The van der Waals surface area contributed by atoms with Crippen molar-refractivity contribution < 1.29 is 39.6 Å². The van der Waals surface area contributed by atoms with Crippen LogP contribution in [0.1, 0.15) is 22.3 Å². The quantitative estimate of drug-likeness (QED) is 0.123. The van der Waals surface area contributed by atoms with E-state index in [0.29, 0.717) is 16.1 Å². The van der Waals surface area contributed by atoms with Crippen molar-refractivity contribution in [3.05, 3.63) is 70.2 Å². The normalized spacial score (nSPS) is 24.5. The average Bonchev–Trinajstić information content (AvgIpc) is 2.96. The van der Waals surface area contributed by atoms with Gasteiger partial charge >= 0.3 is 5.91 Å². The smallest absolute Gasteiger partial charge is 0.302 e. The predicted molar refractivity (Wildman–Crippen MR) is 160 cm³/mol. The second-order valence-electron chi connectivity index (χ2n) is 11.4. The molecular formula is C30H31N5O8S. The summed E-state index contributed by atoms with van der Waals surface area (Å²) in [6.45, 7) is 0. The number of fused-ring (bicyclic) bond motifs is 3. The summed E-state index contributed by atoms with van der Waals surface area (Å²) < 4.78 is 0. The molecule has 44 heavy (non-hydrogen) atoms. The molecule has 14 heteroatoms. The summed E-state index contributed by atoms with van der Waals surface area (Å²) in [5.74, 6) is -7.79. The lowest BCUT2D eigenvalue weighted by atomic mass is 9.58. The molecule has 2 amide bonds. The predicted octanol–water partition coefficient (Wildman–Crippen LogP) is 3.58. The number of aromatic hydroxyl groups is 1. The Morgan fingerprint density at radius 3 is 2.34 bits per heavy atom. The number of aliphatic hydroxyl groups excluding tert-OH is 2. The minimum Gasteiger partial charge on any atom is -0.510 e. The van der Waals surface area contributed by atoms with Crippen LogP contribution < -0.4 is 10.2 Å². The highest BCUT2D eigenvalue weighted by atomic mass is 32.2. The minimum absolute atomic E-state index is 0.0561. The van der Waals surface area contributed by atoms with Crippen LogP contribution in [-0.2, 0) is 16.0 Å². The van der Waals surface area contributed by atoms with Gasteiger partial charge in [-0.15, -0.1) is 5.11 Å². The number of benzene rings is 2. The third-order valence-electron chi connectivity index (χ3n) is 8.44. The SMILES string of the molecule is CN(C)c1cc(NC(=O)Sc2ccccc2)c(O)c2c1C[C@H]1C[C@H]3[C@H](N(C)C)C(O)=C(C(=O)N=N)C(=O)[C@@]3(O)C(O)=C1C2=O. The molecule has 2 aromatic rings. The van der Waals surface area contributed by atoms with Gasteiger partial charge in [0.15, 0.2) is 17.1 Å². The summed E-state index contributed by atoms with van der Waals surface area (Å²) >= 11 is 0.880. The molecule has 0 heterocycles. The molecule has 6 N–H and O–H groups in total.